The summed E-state index contributed by atoms with van der Waals surface area (Å²) in [5, 5.41) is 0. The molecule has 0 radical (unpaired) electrons. The van der Waals surface area contributed by atoms with E-state index in [-0.39, 0.29) is 15.5 Å². The molecule has 0 bridgehead atoms. The third-order valence-corrected chi connectivity index (χ3v) is 8.01. The van der Waals surface area contributed by atoms with Crippen molar-refractivity contribution in [1.29, 1.82) is 0 Å². The van der Waals surface area contributed by atoms with E-state index in [1.54, 1.807) is 24.3 Å². The van der Waals surface area contributed by atoms with Crippen LogP contribution in [0.2, 0.25) is 0 Å². The number of benzene rings is 3. The van der Waals surface area contributed by atoms with Crippen molar-refractivity contribution in [2.24, 2.45) is 0 Å². The molecule has 0 saturated heterocycles. The number of anilines is 1. The van der Waals surface area contributed by atoms with Gasteiger partial charge < -0.3 is 4.74 Å². The van der Waals surface area contributed by atoms with Crippen molar-refractivity contribution < 1.29 is 21.6 Å². The Morgan fingerprint density at radius 1 is 0.630 bits per heavy atom. The zero-order valence-corrected chi connectivity index (χ0v) is 16.0. The highest BCUT2D eigenvalue weighted by Crippen LogP contribution is 2.31. The first-order valence-corrected chi connectivity index (χ1v) is 10.8. The predicted molar refractivity (Wildman–Crippen MR) is 103 cm³/mol. The molecule has 0 heterocycles. The summed E-state index contributed by atoms with van der Waals surface area (Å²) in [5.41, 5.74) is 0.0252. The summed E-state index contributed by atoms with van der Waals surface area (Å²) < 4.78 is 58.4. The number of ether oxygens (including phenoxy) is 1. The van der Waals surface area contributed by atoms with Gasteiger partial charge in [0.25, 0.3) is 20.0 Å². The Labute approximate surface area is 158 Å². The molecule has 0 aliphatic heterocycles. The lowest BCUT2D eigenvalue weighted by Crippen LogP contribution is -2.37. The van der Waals surface area contributed by atoms with Crippen LogP contribution in [0, 0.1) is 0 Å². The third kappa shape index (κ3) is 3.67. The third-order valence-electron chi connectivity index (χ3n) is 3.80. The standard InChI is InChI=1S/C19H17NO5S2/c1-25-17-12-14-19(15-13-17)27(23,24)20(16-8-4-2-5-9-16)26(21,22)18-10-6-3-7-11-18/h2-15H,1H3. The van der Waals surface area contributed by atoms with Crippen molar-refractivity contribution in [2.45, 2.75) is 9.79 Å². The van der Waals surface area contributed by atoms with Crippen molar-refractivity contribution in [2.75, 3.05) is 10.8 Å². The molecular weight excluding hydrogens is 386 g/mol. The molecule has 6 nitrogen and oxygen atoms in total. The molecule has 0 atom stereocenters. The maximum atomic E-state index is 13.3. The maximum Gasteiger partial charge on any atom is 0.277 e. The number of methoxy groups -OCH3 is 1. The topological polar surface area (TPSA) is 80.8 Å². The molecule has 3 aromatic rings. The summed E-state index contributed by atoms with van der Waals surface area (Å²) in [6, 6.07) is 20.7. The van der Waals surface area contributed by atoms with Crippen LogP contribution in [0.1, 0.15) is 0 Å². The number of sulfonamides is 2. The van der Waals surface area contributed by atoms with Crippen LogP contribution in [-0.2, 0) is 20.0 Å². The summed E-state index contributed by atoms with van der Waals surface area (Å²) in [7, 11) is -7.30. The van der Waals surface area contributed by atoms with E-state index < -0.39 is 20.0 Å². The van der Waals surface area contributed by atoms with Crippen LogP contribution < -0.4 is 8.45 Å². The zero-order valence-electron chi connectivity index (χ0n) is 14.4. The van der Waals surface area contributed by atoms with Gasteiger partial charge >= 0.3 is 0 Å². The Bertz CT molecular complexity index is 1110. The van der Waals surface area contributed by atoms with Gasteiger partial charge in [0.1, 0.15) is 5.75 Å². The highest BCUT2D eigenvalue weighted by Gasteiger charge is 2.36. The van der Waals surface area contributed by atoms with E-state index in [4.69, 9.17) is 4.74 Å². The molecule has 0 aromatic heterocycles. The quantitative estimate of drug-likeness (QED) is 0.631. The smallest absolute Gasteiger partial charge is 0.277 e. The first-order chi connectivity index (χ1) is 12.9. The van der Waals surface area contributed by atoms with Crippen LogP contribution in [0.15, 0.2) is 94.7 Å². The van der Waals surface area contributed by atoms with E-state index in [2.05, 4.69) is 0 Å². The van der Waals surface area contributed by atoms with Gasteiger partial charge in [0.05, 0.1) is 22.6 Å². The Morgan fingerprint density at radius 3 is 1.56 bits per heavy atom. The largest absolute Gasteiger partial charge is 0.497 e. The molecule has 27 heavy (non-hydrogen) atoms. The summed E-state index contributed by atoms with van der Waals surface area (Å²) in [5.74, 6) is 0.464. The Morgan fingerprint density at radius 2 is 1.07 bits per heavy atom. The highest BCUT2D eigenvalue weighted by molar-refractivity contribution is 8.10. The van der Waals surface area contributed by atoms with E-state index in [1.807, 2.05) is 0 Å². The van der Waals surface area contributed by atoms with Gasteiger partial charge in [-0.05, 0) is 48.5 Å². The molecular formula is C19H17NO5S2. The average molecular weight is 403 g/mol. The van der Waals surface area contributed by atoms with Crippen molar-refractivity contribution in [3.63, 3.8) is 0 Å². The maximum absolute atomic E-state index is 13.3. The van der Waals surface area contributed by atoms with E-state index in [9.17, 15) is 16.8 Å². The molecule has 0 amide bonds. The number of hydrogen-bond acceptors (Lipinski definition) is 5. The molecule has 0 spiro atoms. The van der Waals surface area contributed by atoms with Crippen LogP contribution in [0.5, 0.6) is 5.75 Å². The van der Waals surface area contributed by atoms with Crippen molar-refractivity contribution in [1.82, 2.24) is 0 Å². The highest BCUT2D eigenvalue weighted by atomic mass is 32.3. The SMILES string of the molecule is COc1ccc(S(=O)(=O)N(c2ccccc2)S(=O)(=O)c2ccccc2)cc1. The Balaban J connectivity index is 2.21. The molecule has 0 N–H and O–H groups in total. The van der Waals surface area contributed by atoms with Crippen molar-refractivity contribution in [3.8, 4) is 5.75 Å². The van der Waals surface area contributed by atoms with Gasteiger partial charge in [0, 0.05) is 0 Å². The van der Waals surface area contributed by atoms with Gasteiger partial charge in [-0.15, -0.1) is 0 Å². The van der Waals surface area contributed by atoms with E-state index in [1.165, 1.54) is 67.8 Å². The second-order valence-electron chi connectivity index (χ2n) is 5.53. The van der Waals surface area contributed by atoms with Gasteiger partial charge in [0.2, 0.25) is 0 Å². The van der Waals surface area contributed by atoms with E-state index >= 15 is 0 Å². The summed E-state index contributed by atoms with van der Waals surface area (Å²) >= 11 is 0. The fourth-order valence-electron chi connectivity index (χ4n) is 2.49. The second-order valence-corrected chi connectivity index (χ2v) is 9.34. The van der Waals surface area contributed by atoms with Gasteiger partial charge in [-0.25, -0.2) is 16.8 Å². The predicted octanol–water partition coefficient (Wildman–Crippen LogP) is 3.28. The molecule has 0 aliphatic rings. The van der Waals surface area contributed by atoms with Crippen molar-refractivity contribution >= 4 is 25.7 Å². The van der Waals surface area contributed by atoms with Crippen LogP contribution in [0.4, 0.5) is 5.69 Å². The van der Waals surface area contributed by atoms with Gasteiger partial charge in [-0.2, -0.15) is 3.71 Å². The average Bonchev–Trinajstić information content (AvgIpc) is 2.69. The summed E-state index contributed by atoms with van der Waals surface area (Å²) in [4.78, 5) is -0.280. The zero-order chi connectivity index (χ0) is 19.5. The van der Waals surface area contributed by atoms with Gasteiger partial charge in [-0.1, -0.05) is 36.4 Å². The minimum atomic E-state index is -4.40. The summed E-state index contributed by atoms with van der Waals surface area (Å²) in [6.07, 6.45) is 0. The Hall–Kier alpha value is -2.84. The minimum Gasteiger partial charge on any atom is -0.497 e. The minimum absolute atomic E-state index is 0.0252. The fourth-order valence-corrected chi connectivity index (χ4v) is 6.20. The van der Waals surface area contributed by atoms with Crippen LogP contribution in [0.25, 0.3) is 0 Å². The Kier molecular flexibility index (Phi) is 5.20. The van der Waals surface area contributed by atoms with Crippen LogP contribution in [-0.4, -0.2) is 23.9 Å². The van der Waals surface area contributed by atoms with E-state index in [0.717, 1.165) is 0 Å². The molecule has 0 fully saturated rings. The number of rotatable bonds is 6. The first kappa shape index (κ1) is 18.9. The van der Waals surface area contributed by atoms with E-state index in [0.29, 0.717) is 9.46 Å². The number of hydrogen-bond donors (Lipinski definition) is 0. The molecule has 3 aromatic carbocycles. The van der Waals surface area contributed by atoms with Gasteiger partial charge in [-0.3, -0.25) is 0 Å². The fraction of sp³-hybridized carbons (Fsp3) is 0.0526. The van der Waals surface area contributed by atoms with Gasteiger partial charge in [0.15, 0.2) is 0 Å². The molecule has 0 unspecified atom stereocenters. The molecule has 8 heteroatoms. The number of nitrogens with zero attached hydrogens (tertiary/aromatic N) is 1. The lowest BCUT2D eigenvalue weighted by Gasteiger charge is -2.24. The van der Waals surface area contributed by atoms with Crippen molar-refractivity contribution in [3.05, 3.63) is 84.9 Å². The molecule has 0 aliphatic carbocycles. The summed E-state index contributed by atoms with van der Waals surface area (Å²) in [6.45, 7) is 0. The molecule has 3 rings (SSSR count). The second kappa shape index (κ2) is 7.42. The van der Waals surface area contributed by atoms with Crippen LogP contribution in [0.3, 0.4) is 0 Å². The monoisotopic (exact) mass is 403 g/mol. The number of para-hydroxylation sites is 1. The lowest BCUT2D eigenvalue weighted by molar-refractivity contribution is 0.414. The molecule has 0 saturated carbocycles. The lowest BCUT2D eigenvalue weighted by atomic mass is 10.3. The normalized spacial score (nSPS) is 11.7. The molecule has 140 valence electrons. The van der Waals surface area contributed by atoms with Crippen LogP contribution >= 0.6 is 0 Å². The first-order valence-electron chi connectivity index (χ1n) is 7.92.